The van der Waals surface area contributed by atoms with Gasteiger partial charge in [-0.25, -0.2) is 4.98 Å². The van der Waals surface area contributed by atoms with Crippen molar-refractivity contribution in [3.8, 4) is 0 Å². The van der Waals surface area contributed by atoms with Gasteiger partial charge < -0.3 is 10.3 Å². The number of amides is 1. The number of nitrogens with one attached hydrogen (secondary N) is 2. The summed E-state index contributed by atoms with van der Waals surface area (Å²) in [6.45, 7) is 5.42. The second kappa shape index (κ2) is 7.55. The van der Waals surface area contributed by atoms with Crippen molar-refractivity contribution in [2.75, 3.05) is 0 Å². The van der Waals surface area contributed by atoms with Gasteiger partial charge in [0.05, 0.1) is 6.42 Å². The van der Waals surface area contributed by atoms with E-state index in [0.29, 0.717) is 17.1 Å². The summed E-state index contributed by atoms with van der Waals surface area (Å²) in [5, 5.41) is 2.93. The van der Waals surface area contributed by atoms with E-state index >= 15 is 0 Å². The largest absolute Gasteiger partial charge is 0.353 e. The van der Waals surface area contributed by atoms with Gasteiger partial charge in [0.1, 0.15) is 5.82 Å². The van der Waals surface area contributed by atoms with E-state index in [0.717, 1.165) is 16.5 Å². The molecule has 1 heterocycles. The van der Waals surface area contributed by atoms with Crippen LogP contribution in [0.3, 0.4) is 0 Å². The van der Waals surface area contributed by atoms with E-state index in [1.807, 2.05) is 31.2 Å². The summed E-state index contributed by atoms with van der Waals surface area (Å²) in [5.41, 5.74) is 1.92. The number of H-pyrrole nitrogens is 1. The van der Waals surface area contributed by atoms with Crippen molar-refractivity contribution >= 4 is 21.8 Å². The average Bonchev–Trinajstić information content (AvgIpc) is 2.45. The van der Waals surface area contributed by atoms with Crippen molar-refractivity contribution in [3.05, 3.63) is 61.7 Å². The molecule has 0 saturated heterocycles. The van der Waals surface area contributed by atoms with Gasteiger partial charge in [-0.2, -0.15) is 0 Å². The summed E-state index contributed by atoms with van der Waals surface area (Å²) < 4.78 is 1.03. The van der Waals surface area contributed by atoms with Crippen LogP contribution < -0.4 is 10.9 Å². The lowest BCUT2D eigenvalue weighted by atomic mass is 10.1. The number of aromatic nitrogens is 2. The zero-order valence-electron chi connectivity index (χ0n) is 13.4. The van der Waals surface area contributed by atoms with Crippen molar-refractivity contribution in [2.24, 2.45) is 0 Å². The lowest BCUT2D eigenvalue weighted by molar-refractivity contribution is -0.121. The molecular weight excluding hydrogens is 358 g/mol. The van der Waals surface area contributed by atoms with Gasteiger partial charge in [-0.15, -0.1) is 0 Å². The standard InChI is InChI=1S/C17H20BrN3O2/c1-10(8-13-4-6-14(18)7-5-13)19-16(22)9-15-11(2)20-12(3)21-17(15)23/h4-7,10H,8-9H2,1-3H3,(H,19,22)(H,20,21,23). The highest BCUT2D eigenvalue weighted by Crippen LogP contribution is 2.12. The van der Waals surface area contributed by atoms with Gasteiger partial charge in [-0.1, -0.05) is 28.1 Å². The quantitative estimate of drug-likeness (QED) is 0.839. The van der Waals surface area contributed by atoms with Gasteiger partial charge in [0, 0.05) is 21.8 Å². The number of nitrogens with zero attached hydrogens (tertiary/aromatic N) is 1. The minimum absolute atomic E-state index is 0.0125. The summed E-state index contributed by atoms with van der Waals surface area (Å²) in [4.78, 5) is 30.9. The summed E-state index contributed by atoms with van der Waals surface area (Å²) in [6, 6.07) is 7.98. The molecule has 2 rings (SSSR count). The number of hydrogen-bond acceptors (Lipinski definition) is 3. The second-order valence-corrected chi connectivity index (χ2v) is 6.61. The Kier molecular flexibility index (Phi) is 5.71. The first-order valence-corrected chi connectivity index (χ1v) is 8.24. The highest BCUT2D eigenvalue weighted by atomic mass is 79.9. The first kappa shape index (κ1) is 17.4. The molecule has 1 aromatic carbocycles. The van der Waals surface area contributed by atoms with Crippen molar-refractivity contribution in [3.63, 3.8) is 0 Å². The average molecular weight is 378 g/mol. The Labute approximate surface area is 143 Å². The summed E-state index contributed by atoms with van der Waals surface area (Å²) in [7, 11) is 0. The van der Waals surface area contributed by atoms with Crippen LogP contribution >= 0.6 is 15.9 Å². The topological polar surface area (TPSA) is 74.8 Å². The van der Waals surface area contributed by atoms with E-state index in [-0.39, 0.29) is 23.9 Å². The number of benzene rings is 1. The molecule has 0 bridgehead atoms. The first-order valence-electron chi connectivity index (χ1n) is 7.45. The number of hydrogen-bond donors (Lipinski definition) is 2. The molecular formula is C17H20BrN3O2. The highest BCUT2D eigenvalue weighted by molar-refractivity contribution is 9.10. The molecule has 5 nitrogen and oxygen atoms in total. The Hall–Kier alpha value is -1.95. The molecule has 2 aromatic rings. The minimum Gasteiger partial charge on any atom is -0.353 e. The fourth-order valence-electron chi connectivity index (χ4n) is 2.47. The third kappa shape index (κ3) is 5.03. The lowest BCUT2D eigenvalue weighted by Gasteiger charge is -2.14. The molecule has 0 spiro atoms. The molecule has 2 N–H and O–H groups in total. The molecule has 122 valence electrons. The van der Waals surface area contributed by atoms with Gasteiger partial charge >= 0.3 is 0 Å². The Morgan fingerprint density at radius 3 is 2.57 bits per heavy atom. The molecule has 1 aromatic heterocycles. The van der Waals surface area contributed by atoms with Crippen LogP contribution in [0.25, 0.3) is 0 Å². The minimum atomic E-state index is -0.245. The highest BCUT2D eigenvalue weighted by Gasteiger charge is 2.14. The Morgan fingerprint density at radius 1 is 1.30 bits per heavy atom. The third-order valence-electron chi connectivity index (χ3n) is 3.54. The fourth-order valence-corrected chi connectivity index (χ4v) is 2.74. The Bertz CT molecular complexity index is 753. The first-order chi connectivity index (χ1) is 10.8. The molecule has 0 aliphatic rings. The van der Waals surface area contributed by atoms with Crippen LogP contribution in [0.4, 0.5) is 0 Å². The maximum absolute atomic E-state index is 12.2. The number of rotatable bonds is 5. The van der Waals surface area contributed by atoms with E-state index in [4.69, 9.17) is 0 Å². The van der Waals surface area contributed by atoms with Gasteiger partial charge in [0.15, 0.2) is 0 Å². The van der Waals surface area contributed by atoms with Gasteiger partial charge in [0.25, 0.3) is 5.56 Å². The predicted octanol–water partition coefficient (Wildman–Crippen LogP) is 2.44. The van der Waals surface area contributed by atoms with Crippen LogP contribution in [0.2, 0.25) is 0 Å². The van der Waals surface area contributed by atoms with Crippen LogP contribution in [-0.2, 0) is 17.6 Å². The van der Waals surface area contributed by atoms with E-state index in [9.17, 15) is 9.59 Å². The van der Waals surface area contributed by atoms with Crippen LogP contribution in [0, 0.1) is 13.8 Å². The third-order valence-corrected chi connectivity index (χ3v) is 4.07. The summed E-state index contributed by atoms with van der Waals surface area (Å²) in [6.07, 6.45) is 0.777. The zero-order chi connectivity index (χ0) is 17.0. The van der Waals surface area contributed by atoms with Gasteiger partial charge in [0.2, 0.25) is 5.91 Å². The Morgan fingerprint density at radius 2 is 1.96 bits per heavy atom. The van der Waals surface area contributed by atoms with Crippen molar-refractivity contribution < 1.29 is 4.79 Å². The SMILES string of the molecule is Cc1nc(C)c(CC(=O)NC(C)Cc2ccc(Br)cc2)c(=O)[nH]1. The molecule has 0 fully saturated rings. The molecule has 0 saturated carbocycles. The van der Waals surface area contributed by atoms with Gasteiger partial charge in [-0.05, 0) is 44.9 Å². The van der Waals surface area contributed by atoms with Crippen molar-refractivity contribution in [2.45, 2.75) is 39.7 Å². The number of carbonyl (C=O) groups is 1. The Balaban J connectivity index is 1.97. The predicted molar refractivity (Wildman–Crippen MR) is 93.5 cm³/mol. The second-order valence-electron chi connectivity index (χ2n) is 5.69. The monoisotopic (exact) mass is 377 g/mol. The number of aryl methyl sites for hydroxylation is 2. The number of aromatic amines is 1. The van der Waals surface area contributed by atoms with Crippen molar-refractivity contribution in [1.29, 1.82) is 0 Å². The van der Waals surface area contributed by atoms with Crippen LogP contribution in [0.5, 0.6) is 0 Å². The van der Waals surface area contributed by atoms with E-state index in [1.165, 1.54) is 0 Å². The van der Waals surface area contributed by atoms with E-state index in [2.05, 4.69) is 31.2 Å². The molecule has 1 amide bonds. The molecule has 6 heteroatoms. The molecule has 1 unspecified atom stereocenters. The molecule has 23 heavy (non-hydrogen) atoms. The molecule has 0 aliphatic heterocycles. The van der Waals surface area contributed by atoms with Crippen LogP contribution in [-0.4, -0.2) is 21.9 Å². The maximum atomic E-state index is 12.2. The van der Waals surface area contributed by atoms with Crippen LogP contribution in [0.1, 0.15) is 29.6 Å². The number of halogens is 1. The molecule has 1 atom stereocenters. The fraction of sp³-hybridized carbons (Fsp3) is 0.353. The summed E-state index contributed by atoms with van der Waals surface area (Å²) in [5.74, 6) is 0.383. The maximum Gasteiger partial charge on any atom is 0.254 e. The zero-order valence-corrected chi connectivity index (χ0v) is 15.0. The van der Waals surface area contributed by atoms with E-state index in [1.54, 1.807) is 13.8 Å². The lowest BCUT2D eigenvalue weighted by Crippen LogP contribution is -2.36. The smallest absolute Gasteiger partial charge is 0.254 e. The van der Waals surface area contributed by atoms with Crippen LogP contribution in [0.15, 0.2) is 33.5 Å². The summed E-state index contributed by atoms with van der Waals surface area (Å²) >= 11 is 3.40. The molecule has 0 radical (unpaired) electrons. The van der Waals surface area contributed by atoms with Gasteiger partial charge in [-0.3, -0.25) is 9.59 Å². The molecule has 0 aliphatic carbocycles. The van der Waals surface area contributed by atoms with E-state index < -0.39 is 0 Å². The van der Waals surface area contributed by atoms with Crippen molar-refractivity contribution in [1.82, 2.24) is 15.3 Å². The number of carbonyl (C=O) groups excluding carboxylic acids is 1. The normalized spacial score (nSPS) is 12.0.